The smallest absolute Gasteiger partial charge is 0.280 e. The molecule has 10 heteroatoms. The maximum absolute atomic E-state index is 13.0. The SMILES string of the molecule is Cc1cc(-c2ccc(/C=C3/SC(=S)N(c4ccc(Cl)c(Cl)c4)C3=O)o2)c([N+](=O)[O-])cc1C. The summed E-state index contributed by atoms with van der Waals surface area (Å²) in [7, 11) is 0. The van der Waals surface area contributed by atoms with E-state index in [9.17, 15) is 14.9 Å². The minimum Gasteiger partial charge on any atom is -0.456 e. The summed E-state index contributed by atoms with van der Waals surface area (Å²) in [5.74, 6) is 0.390. The van der Waals surface area contributed by atoms with Crippen LogP contribution in [0.1, 0.15) is 16.9 Å². The molecule has 3 aromatic rings. The third-order valence-corrected chi connectivity index (χ3v) is 6.97. The van der Waals surface area contributed by atoms with Crippen LogP contribution in [0.4, 0.5) is 11.4 Å². The van der Waals surface area contributed by atoms with Crippen LogP contribution in [0.3, 0.4) is 0 Å². The van der Waals surface area contributed by atoms with Gasteiger partial charge in [-0.3, -0.25) is 19.8 Å². The van der Waals surface area contributed by atoms with Gasteiger partial charge in [0, 0.05) is 12.1 Å². The number of nitro groups is 1. The third kappa shape index (κ3) is 4.19. The zero-order chi connectivity index (χ0) is 23.2. The molecule has 0 unspecified atom stereocenters. The van der Waals surface area contributed by atoms with Crippen LogP contribution in [0.5, 0.6) is 0 Å². The molecule has 4 rings (SSSR count). The minimum absolute atomic E-state index is 0.0417. The standard InChI is InChI=1S/C22H14Cl2N2O4S2/c1-11-7-15(18(26(28)29)8-12(11)2)19-6-4-14(30-19)10-20-21(27)25(22(31)32-20)13-3-5-16(23)17(24)9-13/h3-10H,1-2H3/b20-10+. The van der Waals surface area contributed by atoms with Crippen molar-refractivity contribution in [1.82, 2.24) is 0 Å². The van der Waals surface area contributed by atoms with Crippen LogP contribution in [0.2, 0.25) is 10.0 Å². The number of halogens is 2. The Morgan fingerprint density at radius 3 is 2.50 bits per heavy atom. The second kappa shape index (κ2) is 8.71. The van der Waals surface area contributed by atoms with Crippen LogP contribution in [0.25, 0.3) is 17.4 Å². The highest BCUT2D eigenvalue weighted by Crippen LogP contribution is 2.39. The largest absolute Gasteiger partial charge is 0.456 e. The number of benzene rings is 2. The van der Waals surface area contributed by atoms with Crippen LogP contribution in [0, 0.1) is 24.0 Å². The molecule has 0 aliphatic carbocycles. The van der Waals surface area contributed by atoms with Crippen LogP contribution < -0.4 is 4.90 Å². The lowest BCUT2D eigenvalue weighted by molar-refractivity contribution is -0.384. The van der Waals surface area contributed by atoms with Crippen molar-refractivity contribution in [2.45, 2.75) is 13.8 Å². The Morgan fingerprint density at radius 1 is 1.09 bits per heavy atom. The molecule has 1 fully saturated rings. The van der Waals surface area contributed by atoms with E-state index in [2.05, 4.69) is 0 Å². The first-order chi connectivity index (χ1) is 15.2. The fraction of sp³-hybridized carbons (Fsp3) is 0.0909. The normalized spacial score (nSPS) is 15.1. The molecule has 1 aliphatic rings. The second-order valence-electron chi connectivity index (χ2n) is 7.03. The van der Waals surface area contributed by atoms with Gasteiger partial charge in [-0.1, -0.05) is 47.2 Å². The Hall–Kier alpha value is -2.65. The van der Waals surface area contributed by atoms with Gasteiger partial charge < -0.3 is 4.42 Å². The first-order valence-corrected chi connectivity index (χ1v) is 11.2. The van der Waals surface area contributed by atoms with Gasteiger partial charge in [-0.25, -0.2) is 0 Å². The number of hydrogen-bond acceptors (Lipinski definition) is 6. The number of nitro benzene ring substituents is 1. The van der Waals surface area contributed by atoms with Gasteiger partial charge in [-0.05, 0) is 61.4 Å². The van der Waals surface area contributed by atoms with E-state index in [-0.39, 0.29) is 11.6 Å². The molecular formula is C22H14Cl2N2O4S2. The monoisotopic (exact) mass is 504 g/mol. The molecule has 32 heavy (non-hydrogen) atoms. The number of furan rings is 1. The fourth-order valence-electron chi connectivity index (χ4n) is 3.17. The number of thiocarbonyl (C=S) groups is 1. The average molecular weight is 505 g/mol. The van der Waals surface area contributed by atoms with Crippen LogP contribution >= 0.6 is 47.2 Å². The molecule has 1 aliphatic heterocycles. The summed E-state index contributed by atoms with van der Waals surface area (Å²) < 4.78 is 6.17. The Kier molecular flexibility index (Phi) is 6.13. The van der Waals surface area contributed by atoms with Gasteiger partial charge in [-0.2, -0.15) is 0 Å². The van der Waals surface area contributed by atoms with E-state index in [0.717, 1.165) is 22.9 Å². The lowest BCUT2D eigenvalue weighted by atomic mass is 10.0. The zero-order valence-electron chi connectivity index (χ0n) is 16.7. The maximum atomic E-state index is 13.0. The van der Waals surface area contributed by atoms with Gasteiger partial charge in [0.25, 0.3) is 11.6 Å². The summed E-state index contributed by atoms with van der Waals surface area (Å²) in [5.41, 5.74) is 2.57. The Balaban J connectivity index is 1.66. The Bertz CT molecular complexity index is 1330. The number of aryl methyl sites for hydroxylation is 2. The van der Waals surface area contributed by atoms with E-state index in [4.69, 9.17) is 39.8 Å². The van der Waals surface area contributed by atoms with Gasteiger partial charge in [-0.15, -0.1) is 0 Å². The van der Waals surface area contributed by atoms with E-state index in [1.807, 2.05) is 13.8 Å². The number of amides is 1. The van der Waals surface area contributed by atoms with E-state index in [0.29, 0.717) is 42.0 Å². The second-order valence-corrected chi connectivity index (χ2v) is 9.52. The minimum atomic E-state index is -0.438. The molecule has 2 aromatic carbocycles. The summed E-state index contributed by atoms with van der Waals surface area (Å²) in [6.45, 7) is 3.69. The predicted octanol–water partition coefficient (Wildman–Crippen LogP) is 7.18. The van der Waals surface area contributed by atoms with Gasteiger partial charge in [0.05, 0.1) is 31.1 Å². The molecule has 2 heterocycles. The summed E-state index contributed by atoms with van der Waals surface area (Å²) in [5, 5.41) is 12.2. The van der Waals surface area contributed by atoms with Gasteiger partial charge >= 0.3 is 0 Å². The van der Waals surface area contributed by atoms with Crippen LogP contribution in [-0.2, 0) is 4.79 Å². The Labute approximate surface area is 202 Å². The number of hydrogen-bond donors (Lipinski definition) is 0. The van der Waals surface area contributed by atoms with Crippen molar-refractivity contribution in [3.05, 3.63) is 84.4 Å². The first-order valence-electron chi connectivity index (χ1n) is 9.24. The molecule has 0 N–H and O–H groups in total. The highest BCUT2D eigenvalue weighted by molar-refractivity contribution is 8.27. The summed E-state index contributed by atoms with van der Waals surface area (Å²) in [6, 6.07) is 11.4. The van der Waals surface area contributed by atoms with Crippen molar-refractivity contribution in [3.63, 3.8) is 0 Å². The van der Waals surface area contributed by atoms with Crippen LogP contribution in [-0.4, -0.2) is 15.2 Å². The third-order valence-electron chi connectivity index (χ3n) is 4.93. The van der Waals surface area contributed by atoms with Gasteiger partial charge in [0.2, 0.25) is 0 Å². The maximum Gasteiger partial charge on any atom is 0.280 e. The molecule has 1 aromatic heterocycles. The average Bonchev–Trinajstić information content (AvgIpc) is 3.30. The molecule has 0 saturated carbocycles. The zero-order valence-corrected chi connectivity index (χ0v) is 19.9. The van der Waals surface area contributed by atoms with E-state index in [1.54, 1.807) is 42.5 Å². The molecule has 6 nitrogen and oxygen atoms in total. The van der Waals surface area contributed by atoms with Crippen molar-refractivity contribution in [2.75, 3.05) is 4.90 Å². The number of carbonyl (C=O) groups excluding carboxylic acids is 1. The predicted molar refractivity (Wildman–Crippen MR) is 132 cm³/mol. The topological polar surface area (TPSA) is 76.6 Å². The van der Waals surface area contributed by atoms with Crippen molar-refractivity contribution in [3.8, 4) is 11.3 Å². The van der Waals surface area contributed by atoms with E-state index in [1.165, 1.54) is 11.0 Å². The van der Waals surface area contributed by atoms with E-state index >= 15 is 0 Å². The van der Waals surface area contributed by atoms with Crippen molar-refractivity contribution in [1.29, 1.82) is 0 Å². The molecule has 1 saturated heterocycles. The van der Waals surface area contributed by atoms with Crippen molar-refractivity contribution < 1.29 is 14.1 Å². The Morgan fingerprint density at radius 2 is 1.81 bits per heavy atom. The first kappa shape index (κ1) is 22.5. The lowest BCUT2D eigenvalue weighted by Gasteiger charge is -2.15. The number of anilines is 1. The highest BCUT2D eigenvalue weighted by atomic mass is 35.5. The fourth-order valence-corrected chi connectivity index (χ4v) is 4.74. The highest BCUT2D eigenvalue weighted by Gasteiger charge is 2.34. The molecule has 0 atom stereocenters. The quantitative estimate of drug-likeness (QED) is 0.162. The number of thioether (sulfide) groups is 1. The summed E-state index contributed by atoms with van der Waals surface area (Å²) in [4.78, 5) is 25.8. The van der Waals surface area contributed by atoms with Crippen molar-refractivity contribution in [2.24, 2.45) is 0 Å². The van der Waals surface area contributed by atoms with Crippen molar-refractivity contribution >= 4 is 74.9 Å². The number of carbonyl (C=O) groups is 1. The molecule has 0 spiro atoms. The molecular weight excluding hydrogens is 491 g/mol. The number of rotatable bonds is 4. The lowest BCUT2D eigenvalue weighted by Crippen LogP contribution is -2.27. The summed E-state index contributed by atoms with van der Waals surface area (Å²) >= 11 is 18.5. The van der Waals surface area contributed by atoms with Crippen LogP contribution in [0.15, 0.2) is 51.8 Å². The summed E-state index contributed by atoms with van der Waals surface area (Å²) in [6.07, 6.45) is 1.56. The van der Waals surface area contributed by atoms with Gasteiger partial charge in [0.15, 0.2) is 4.32 Å². The molecule has 0 bridgehead atoms. The molecule has 162 valence electrons. The molecule has 1 amide bonds. The van der Waals surface area contributed by atoms with E-state index < -0.39 is 4.92 Å². The molecule has 0 radical (unpaired) electrons. The van der Waals surface area contributed by atoms with Gasteiger partial charge in [0.1, 0.15) is 11.5 Å². The number of nitrogens with zero attached hydrogens (tertiary/aromatic N) is 2.